The normalized spacial score (nSPS) is 14.2. The molecule has 0 saturated carbocycles. The molecule has 0 atom stereocenters. The van der Waals surface area contributed by atoms with Crippen LogP contribution in [0, 0.1) is 13.8 Å². The molecule has 3 heterocycles. The predicted octanol–water partition coefficient (Wildman–Crippen LogP) is 2.68. The van der Waals surface area contributed by atoms with Crippen molar-refractivity contribution in [3.63, 3.8) is 0 Å². The lowest BCUT2D eigenvalue weighted by Gasteiger charge is -2.16. The fourth-order valence-corrected chi connectivity index (χ4v) is 3.39. The first-order valence-electron chi connectivity index (χ1n) is 8.91. The molecular weight excluding hydrogens is 328 g/mol. The first-order chi connectivity index (χ1) is 12.6. The number of carbonyl (C=O) groups is 1. The van der Waals surface area contributed by atoms with E-state index in [0.29, 0.717) is 5.65 Å². The molecule has 3 aromatic rings. The number of aryl methyl sites for hydroxylation is 1. The molecule has 1 amide bonds. The zero-order valence-corrected chi connectivity index (χ0v) is 15.1. The van der Waals surface area contributed by atoms with Crippen LogP contribution in [0.3, 0.4) is 0 Å². The van der Waals surface area contributed by atoms with Gasteiger partial charge in [0.25, 0.3) is 0 Å². The van der Waals surface area contributed by atoms with Gasteiger partial charge in [-0.15, -0.1) is 0 Å². The van der Waals surface area contributed by atoms with E-state index in [4.69, 9.17) is 0 Å². The summed E-state index contributed by atoms with van der Waals surface area (Å²) in [6.45, 7) is 6.16. The maximum Gasteiger partial charge on any atom is 0.246 e. The van der Waals surface area contributed by atoms with Gasteiger partial charge >= 0.3 is 0 Å². The molecule has 0 bridgehead atoms. The number of aromatic nitrogens is 4. The topological polar surface area (TPSA) is 75.9 Å². The SMILES string of the molecule is Cc1cccc(NC(=O)Cn2ncc3c(N4CCCC4)ncnc32)c1C. The Kier molecular flexibility index (Phi) is 4.28. The van der Waals surface area contributed by atoms with Crippen LogP contribution in [0.25, 0.3) is 11.0 Å². The summed E-state index contributed by atoms with van der Waals surface area (Å²) >= 11 is 0. The highest BCUT2D eigenvalue weighted by Gasteiger charge is 2.19. The number of hydrogen-bond acceptors (Lipinski definition) is 5. The summed E-state index contributed by atoms with van der Waals surface area (Å²) in [5.74, 6) is 0.790. The van der Waals surface area contributed by atoms with Gasteiger partial charge in [-0.3, -0.25) is 4.79 Å². The van der Waals surface area contributed by atoms with Gasteiger partial charge in [-0.05, 0) is 43.9 Å². The van der Waals surface area contributed by atoms with Gasteiger partial charge in [0.15, 0.2) is 5.65 Å². The lowest BCUT2D eigenvalue weighted by molar-refractivity contribution is -0.116. The second-order valence-corrected chi connectivity index (χ2v) is 6.73. The van der Waals surface area contributed by atoms with Gasteiger partial charge in [-0.25, -0.2) is 14.6 Å². The van der Waals surface area contributed by atoms with Crippen molar-refractivity contribution in [1.82, 2.24) is 19.7 Å². The van der Waals surface area contributed by atoms with Gasteiger partial charge in [0.2, 0.25) is 5.91 Å². The summed E-state index contributed by atoms with van der Waals surface area (Å²) in [6, 6.07) is 5.88. The predicted molar refractivity (Wildman–Crippen MR) is 101 cm³/mol. The molecule has 26 heavy (non-hydrogen) atoms. The average Bonchev–Trinajstić information content (AvgIpc) is 3.29. The lowest BCUT2D eigenvalue weighted by Crippen LogP contribution is -2.21. The van der Waals surface area contributed by atoms with Crippen LogP contribution in [0.1, 0.15) is 24.0 Å². The number of hydrogen-bond donors (Lipinski definition) is 1. The van der Waals surface area contributed by atoms with Crippen molar-refractivity contribution in [3.8, 4) is 0 Å². The first-order valence-corrected chi connectivity index (χ1v) is 8.91. The van der Waals surface area contributed by atoms with Gasteiger partial charge in [0, 0.05) is 18.8 Å². The van der Waals surface area contributed by atoms with E-state index in [2.05, 4.69) is 25.3 Å². The van der Waals surface area contributed by atoms with Crippen molar-refractivity contribution >= 4 is 28.4 Å². The Morgan fingerprint density at radius 3 is 2.81 bits per heavy atom. The fourth-order valence-electron chi connectivity index (χ4n) is 3.39. The zero-order valence-electron chi connectivity index (χ0n) is 15.1. The molecule has 1 aliphatic rings. The highest BCUT2D eigenvalue weighted by atomic mass is 16.2. The Bertz CT molecular complexity index is 958. The highest BCUT2D eigenvalue weighted by molar-refractivity contribution is 5.93. The third-order valence-electron chi connectivity index (χ3n) is 4.99. The van der Waals surface area contributed by atoms with E-state index in [0.717, 1.165) is 41.1 Å². The smallest absolute Gasteiger partial charge is 0.246 e. The number of nitrogens with zero attached hydrogens (tertiary/aromatic N) is 5. The Morgan fingerprint density at radius 2 is 2.00 bits per heavy atom. The summed E-state index contributed by atoms with van der Waals surface area (Å²) in [6.07, 6.45) is 5.67. The maximum atomic E-state index is 12.5. The molecule has 0 radical (unpaired) electrons. The summed E-state index contributed by atoms with van der Waals surface area (Å²) in [5.41, 5.74) is 3.75. The Balaban J connectivity index is 1.56. The maximum absolute atomic E-state index is 12.5. The molecular formula is C19H22N6O. The van der Waals surface area contributed by atoms with Crippen molar-refractivity contribution < 1.29 is 4.79 Å². The molecule has 134 valence electrons. The molecule has 1 aliphatic heterocycles. The van der Waals surface area contributed by atoms with Gasteiger partial charge < -0.3 is 10.2 Å². The molecule has 1 saturated heterocycles. The van der Waals surface area contributed by atoms with Crippen LogP contribution in [0.4, 0.5) is 11.5 Å². The second-order valence-electron chi connectivity index (χ2n) is 6.73. The molecule has 1 N–H and O–H groups in total. The van der Waals surface area contributed by atoms with E-state index in [-0.39, 0.29) is 12.5 Å². The van der Waals surface area contributed by atoms with E-state index in [1.807, 2.05) is 32.0 Å². The molecule has 0 spiro atoms. The van der Waals surface area contributed by atoms with Gasteiger partial charge in [0.1, 0.15) is 18.7 Å². The minimum Gasteiger partial charge on any atom is -0.356 e. The van der Waals surface area contributed by atoms with Crippen molar-refractivity contribution in [3.05, 3.63) is 41.9 Å². The van der Waals surface area contributed by atoms with E-state index in [9.17, 15) is 4.79 Å². The molecule has 0 aliphatic carbocycles. The van der Waals surface area contributed by atoms with Crippen LogP contribution >= 0.6 is 0 Å². The Labute approximate surface area is 152 Å². The molecule has 2 aromatic heterocycles. The average molecular weight is 350 g/mol. The van der Waals surface area contributed by atoms with Gasteiger partial charge in [-0.1, -0.05) is 12.1 Å². The Hall–Kier alpha value is -2.96. The molecule has 1 fully saturated rings. The zero-order chi connectivity index (χ0) is 18.1. The van der Waals surface area contributed by atoms with E-state index < -0.39 is 0 Å². The van der Waals surface area contributed by atoms with E-state index in [1.54, 1.807) is 17.2 Å². The molecule has 4 rings (SSSR count). The third kappa shape index (κ3) is 3.00. The summed E-state index contributed by atoms with van der Waals surface area (Å²) in [7, 11) is 0. The minimum absolute atomic E-state index is 0.118. The number of benzene rings is 1. The van der Waals surface area contributed by atoms with Crippen LogP contribution in [-0.2, 0) is 11.3 Å². The van der Waals surface area contributed by atoms with Crippen molar-refractivity contribution in [2.24, 2.45) is 0 Å². The largest absolute Gasteiger partial charge is 0.356 e. The quantitative estimate of drug-likeness (QED) is 0.783. The van der Waals surface area contributed by atoms with Gasteiger partial charge in [-0.2, -0.15) is 5.10 Å². The number of fused-ring (bicyclic) bond motifs is 1. The fraction of sp³-hybridized carbons (Fsp3) is 0.368. The van der Waals surface area contributed by atoms with E-state index in [1.165, 1.54) is 12.8 Å². The highest BCUT2D eigenvalue weighted by Crippen LogP contribution is 2.25. The van der Waals surface area contributed by atoms with Crippen LogP contribution in [0.15, 0.2) is 30.7 Å². The lowest BCUT2D eigenvalue weighted by atomic mass is 10.1. The number of amides is 1. The standard InChI is InChI=1S/C19H22N6O/c1-13-6-5-7-16(14(13)2)23-17(26)11-25-19-15(10-22-25)18(20-12-21-19)24-8-3-4-9-24/h5-7,10,12H,3-4,8-9,11H2,1-2H3,(H,23,26). The molecule has 1 aromatic carbocycles. The van der Waals surface area contributed by atoms with Crippen LogP contribution in [-0.4, -0.2) is 38.7 Å². The minimum atomic E-state index is -0.120. The van der Waals surface area contributed by atoms with Crippen LogP contribution < -0.4 is 10.2 Å². The third-order valence-corrected chi connectivity index (χ3v) is 4.99. The van der Waals surface area contributed by atoms with Crippen molar-refractivity contribution in [2.45, 2.75) is 33.2 Å². The van der Waals surface area contributed by atoms with Crippen molar-refractivity contribution in [2.75, 3.05) is 23.3 Å². The first kappa shape index (κ1) is 16.5. The Morgan fingerprint density at radius 1 is 1.19 bits per heavy atom. The van der Waals surface area contributed by atoms with Crippen LogP contribution in [0.2, 0.25) is 0 Å². The summed E-state index contributed by atoms with van der Waals surface area (Å²) < 4.78 is 1.64. The number of nitrogens with one attached hydrogen (secondary N) is 1. The van der Waals surface area contributed by atoms with Crippen LogP contribution in [0.5, 0.6) is 0 Å². The summed E-state index contributed by atoms with van der Waals surface area (Å²) in [5, 5.41) is 8.24. The molecule has 7 nitrogen and oxygen atoms in total. The summed E-state index contributed by atoms with van der Waals surface area (Å²) in [4.78, 5) is 23.5. The number of carbonyl (C=O) groups excluding carboxylic acids is 1. The molecule has 7 heteroatoms. The van der Waals surface area contributed by atoms with Gasteiger partial charge in [0.05, 0.1) is 11.6 Å². The molecule has 0 unspecified atom stereocenters. The number of anilines is 2. The monoisotopic (exact) mass is 350 g/mol. The number of rotatable bonds is 4. The second kappa shape index (κ2) is 6.74. The van der Waals surface area contributed by atoms with E-state index >= 15 is 0 Å². The van der Waals surface area contributed by atoms with Crippen molar-refractivity contribution in [1.29, 1.82) is 0 Å².